The zero-order chi connectivity index (χ0) is 23.0. The van der Waals surface area contributed by atoms with Crippen LogP contribution in [0.2, 0.25) is 0 Å². The Morgan fingerprint density at radius 3 is 2.22 bits per heavy atom. The number of sulfonamides is 1. The van der Waals surface area contributed by atoms with E-state index in [2.05, 4.69) is 5.32 Å². The molecule has 170 valence electrons. The molecule has 9 heteroatoms. The second-order valence-corrected chi connectivity index (χ2v) is 9.32. The van der Waals surface area contributed by atoms with E-state index in [1.807, 2.05) is 0 Å². The molecule has 0 atom stereocenters. The van der Waals surface area contributed by atoms with Crippen LogP contribution in [0.1, 0.15) is 31.2 Å². The van der Waals surface area contributed by atoms with Gasteiger partial charge in [-0.2, -0.15) is 4.31 Å². The van der Waals surface area contributed by atoms with Crippen molar-refractivity contribution in [3.63, 3.8) is 0 Å². The lowest BCUT2D eigenvalue weighted by Gasteiger charge is -2.19. The van der Waals surface area contributed by atoms with E-state index in [9.17, 15) is 22.4 Å². The molecule has 1 saturated heterocycles. The number of ether oxygens (including phenoxy) is 1. The van der Waals surface area contributed by atoms with E-state index < -0.39 is 34.3 Å². The molecule has 0 saturated carbocycles. The molecule has 2 aromatic rings. The van der Waals surface area contributed by atoms with Crippen LogP contribution in [-0.2, 0) is 24.3 Å². The summed E-state index contributed by atoms with van der Waals surface area (Å²) in [7, 11) is -3.53. The topological polar surface area (TPSA) is 92.8 Å². The van der Waals surface area contributed by atoms with Crippen molar-refractivity contribution >= 4 is 33.7 Å². The first-order valence-corrected chi connectivity index (χ1v) is 11.8. The highest BCUT2D eigenvalue weighted by atomic mass is 32.2. The molecule has 0 radical (unpaired) electrons. The third-order valence-corrected chi connectivity index (χ3v) is 6.88. The average molecular weight is 461 g/mol. The first kappa shape index (κ1) is 23.6. The molecule has 0 aromatic heterocycles. The van der Waals surface area contributed by atoms with Crippen molar-refractivity contribution in [3.8, 4) is 0 Å². The van der Waals surface area contributed by atoms with Gasteiger partial charge in [-0.05, 0) is 60.9 Å². The summed E-state index contributed by atoms with van der Waals surface area (Å²) in [5.74, 6) is -1.70. The molecule has 7 nitrogen and oxygen atoms in total. The van der Waals surface area contributed by atoms with Gasteiger partial charge in [0, 0.05) is 24.9 Å². The van der Waals surface area contributed by atoms with Crippen LogP contribution in [0.15, 0.2) is 59.5 Å². The van der Waals surface area contributed by atoms with Gasteiger partial charge in [0.05, 0.1) is 4.90 Å². The highest BCUT2D eigenvalue weighted by Crippen LogP contribution is 2.21. The number of benzene rings is 2. The zero-order valence-electron chi connectivity index (χ0n) is 17.5. The summed E-state index contributed by atoms with van der Waals surface area (Å²) in [6, 6.07) is 11.4. The van der Waals surface area contributed by atoms with Crippen molar-refractivity contribution in [1.82, 2.24) is 4.31 Å². The van der Waals surface area contributed by atoms with Gasteiger partial charge in [0.15, 0.2) is 6.61 Å². The van der Waals surface area contributed by atoms with Crippen LogP contribution >= 0.6 is 0 Å². The van der Waals surface area contributed by atoms with Gasteiger partial charge in [-0.1, -0.05) is 25.0 Å². The standard InChI is InChI=1S/C23H25FN2O5S/c24-19-8-10-20(11-9-19)25-22(27)17-31-23(28)14-7-18-5-12-21(13-6-18)32(29,30)26-15-3-1-2-4-16-26/h5-14H,1-4,15-17H2,(H,25,27)/b14-7+. The van der Waals surface area contributed by atoms with Crippen molar-refractivity contribution in [2.75, 3.05) is 25.0 Å². The van der Waals surface area contributed by atoms with Crippen LogP contribution < -0.4 is 5.32 Å². The SMILES string of the molecule is O=C(COC(=O)/C=C/c1ccc(S(=O)(=O)N2CCCCCC2)cc1)Nc1ccc(F)cc1. The predicted molar refractivity (Wildman–Crippen MR) is 119 cm³/mol. The zero-order valence-corrected chi connectivity index (χ0v) is 18.3. The molecule has 1 heterocycles. The number of halogens is 1. The van der Waals surface area contributed by atoms with Gasteiger partial charge in [0.1, 0.15) is 5.82 Å². The van der Waals surface area contributed by atoms with E-state index in [1.165, 1.54) is 46.8 Å². The summed E-state index contributed by atoms with van der Waals surface area (Å²) >= 11 is 0. The summed E-state index contributed by atoms with van der Waals surface area (Å²) in [5.41, 5.74) is 1.01. The van der Waals surface area contributed by atoms with Crippen molar-refractivity contribution in [1.29, 1.82) is 0 Å². The maximum Gasteiger partial charge on any atom is 0.331 e. The number of hydrogen-bond acceptors (Lipinski definition) is 5. The lowest BCUT2D eigenvalue weighted by atomic mass is 10.2. The molecule has 1 amide bonds. The monoisotopic (exact) mass is 460 g/mol. The number of rotatable bonds is 7. The lowest BCUT2D eigenvalue weighted by molar-refractivity contribution is -0.142. The fourth-order valence-corrected chi connectivity index (χ4v) is 4.78. The van der Waals surface area contributed by atoms with Crippen molar-refractivity contribution < 1.29 is 27.1 Å². The smallest absolute Gasteiger partial charge is 0.331 e. The Hall–Kier alpha value is -3.04. The van der Waals surface area contributed by atoms with Gasteiger partial charge < -0.3 is 10.1 Å². The van der Waals surface area contributed by atoms with Gasteiger partial charge in [0.2, 0.25) is 10.0 Å². The maximum absolute atomic E-state index is 12.9. The summed E-state index contributed by atoms with van der Waals surface area (Å²) < 4.78 is 44.8. The minimum absolute atomic E-state index is 0.219. The quantitative estimate of drug-likeness (QED) is 0.504. The largest absolute Gasteiger partial charge is 0.452 e. The fraction of sp³-hybridized carbons (Fsp3) is 0.304. The maximum atomic E-state index is 12.9. The Labute approximate surface area is 186 Å². The number of carbonyl (C=O) groups excluding carboxylic acids is 2. The highest BCUT2D eigenvalue weighted by Gasteiger charge is 2.24. The van der Waals surface area contributed by atoms with Crippen LogP contribution in [0, 0.1) is 5.82 Å². The Balaban J connectivity index is 1.50. The van der Waals surface area contributed by atoms with Gasteiger partial charge in [-0.3, -0.25) is 4.79 Å². The van der Waals surface area contributed by atoms with Crippen molar-refractivity contribution in [2.24, 2.45) is 0 Å². The third kappa shape index (κ3) is 6.73. The van der Waals surface area contributed by atoms with Crippen LogP contribution in [0.3, 0.4) is 0 Å². The van der Waals surface area contributed by atoms with E-state index in [4.69, 9.17) is 4.74 Å². The Morgan fingerprint density at radius 2 is 1.59 bits per heavy atom. The highest BCUT2D eigenvalue weighted by molar-refractivity contribution is 7.89. The minimum Gasteiger partial charge on any atom is -0.452 e. The number of anilines is 1. The van der Waals surface area contributed by atoms with Gasteiger partial charge >= 0.3 is 5.97 Å². The molecule has 0 aliphatic carbocycles. The first-order chi connectivity index (χ1) is 15.3. The molecule has 0 bridgehead atoms. The number of nitrogens with one attached hydrogen (secondary N) is 1. The predicted octanol–water partition coefficient (Wildman–Crippen LogP) is 3.59. The summed E-state index contributed by atoms with van der Waals surface area (Å²) in [6.45, 7) is 0.572. The second-order valence-electron chi connectivity index (χ2n) is 7.38. The molecule has 1 aliphatic rings. The number of amides is 1. The molecule has 0 unspecified atom stereocenters. The molecule has 32 heavy (non-hydrogen) atoms. The molecular weight excluding hydrogens is 435 g/mol. The number of hydrogen-bond donors (Lipinski definition) is 1. The number of nitrogens with zero attached hydrogens (tertiary/aromatic N) is 1. The second kappa shape index (κ2) is 11.0. The number of esters is 1. The van der Waals surface area contributed by atoms with Crippen LogP contribution in [0.25, 0.3) is 6.08 Å². The van der Waals surface area contributed by atoms with E-state index in [1.54, 1.807) is 12.1 Å². The van der Waals surface area contributed by atoms with Gasteiger partial charge in [-0.25, -0.2) is 17.6 Å². The molecule has 2 aromatic carbocycles. The molecule has 1 aliphatic heterocycles. The fourth-order valence-electron chi connectivity index (χ4n) is 3.26. The molecule has 1 N–H and O–H groups in total. The van der Waals surface area contributed by atoms with Gasteiger partial charge in [-0.15, -0.1) is 0 Å². The summed E-state index contributed by atoms with van der Waals surface area (Å²) in [4.78, 5) is 23.9. The van der Waals surface area contributed by atoms with E-state index in [0.717, 1.165) is 31.8 Å². The Bertz CT molecular complexity index is 1060. The lowest BCUT2D eigenvalue weighted by Crippen LogP contribution is -2.31. The summed E-state index contributed by atoms with van der Waals surface area (Å²) in [6.07, 6.45) is 6.44. The molecule has 3 rings (SSSR count). The van der Waals surface area contributed by atoms with Crippen molar-refractivity contribution in [2.45, 2.75) is 30.6 Å². The van der Waals surface area contributed by atoms with E-state index >= 15 is 0 Å². The minimum atomic E-state index is -3.53. The molecule has 0 spiro atoms. The number of carbonyl (C=O) groups is 2. The van der Waals surface area contributed by atoms with E-state index in [0.29, 0.717) is 24.3 Å². The van der Waals surface area contributed by atoms with Crippen LogP contribution in [-0.4, -0.2) is 44.3 Å². The van der Waals surface area contributed by atoms with Crippen molar-refractivity contribution in [3.05, 3.63) is 66.0 Å². The average Bonchev–Trinajstić information content (AvgIpc) is 3.08. The third-order valence-electron chi connectivity index (χ3n) is 4.97. The molecule has 1 fully saturated rings. The van der Waals surface area contributed by atoms with Crippen LogP contribution in [0.4, 0.5) is 10.1 Å². The first-order valence-electron chi connectivity index (χ1n) is 10.3. The Morgan fingerprint density at radius 1 is 0.969 bits per heavy atom. The summed E-state index contributed by atoms with van der Waals surface area (Å²) in [5, 5.41) is 2.48. The Kier molecular flexibility index (Phi) is 8.13. The normalized spacial score (nSPS) is 15.3. The van der Waals surface area contributed by atoms with Crippen LogP contribution in [0.5, 0.6) is 0 Å². The van der Waals surface area contributed by atoms with E-state index in [-0.39, 0.29) is 4.90 Å². The van der Waals surface area contributed by atoms with Gasteiger partial charge in [0.25, 0.3) is 5.91 Å². The molecular formula is C23H25FN2O5S.